The molecule has 0 aliphatic heterocycles. The fourth-order valence-electron chi connectivity index (χ4n) is 1.52. The van der Waals surface area contributed by atoms with E-state index in [0.29, 0.717) is 26.6 Å². The molecule has 2 rings (SSSR count). The van der Waals surface area contributed by atoms with Gasteiger partial charge in [-0.05, 0) is 24.3 Å². The van der Waals surface area contributed by atoms with Gasteiger partial charge in [0.1, 0.15) is 0 Å². The Morgan fingerprint density at radius 3 is 2.17 bits per heavy atom. The second-order valence-corrected chi connectivity index (χ2v) is 5.25. The van der Waals surface area contributed by atoms with Crippen LogP contribution in [0.1, 0.15) is 5.56 Å². The van der Waals surface area contributed by atoms with Gasteiger partial charge in [0.2, 0.25) is 0 Å². The van der Waals surface area contributed by atoms with Crippen LogP contribution in [0, 0.1) is 0 Å². The molecule has 2 aromatic carbocycles. The Bertz CT molecular complexity index is 569. The molecule has 0 fully saturated rings. The predicted molar refractivity (Wildman–Crippen MR) is 80.3 cm³/mol. The highest BCUT2D eigenvalue weighted by atomic mass is 35.5. The van der Waals surface area contributed by atoms with Gasteiger partial charge >= 0.3 is 0 Å². The van der Waals surface area contributed by atoms with Crippen molar-refractivity contribution >= 4 is 52.1 Å². The molecule has 1 N–H and O–H groups in total. The van der Waals surface area contributed by atoms with Crippen molar-refractivity contribution in [3.05, 3.63) is 62.1 Å². The maximum absolute atomic E-state index is 6.12. The second kappa shape index (κ2) is 6.03. The van der Waals surface area contributed by atoms with E-state index >= 15 is 0 Å². The number of para-hydroxylation sites is 1. The van der Waals surface area contributed by atoms with Gasteiger partial charge in [0.05, 0.1) is 20.8 Å². The van der Waals surface area contributed by atoms with Crippen LogP contribution in [0.2, 0.25) is 20.1 Å². The topological polar surface area (TPSA) is 12.0 Å². The van der Waals surface area contributed by atoms with Crippen LogP contribution in [0.5, 0.6) is 0 Å². The first-order chi connectivity index (χ1) is 8.59. The third kappa shape index (κ3) is 3.04. The number of anilines is 1. The minimum Gasteiger partial charge on any atom is -0.380 e. The predicted octanol–water partition coefficient (Wildman–Crippen LogP) is 5.91. The second-order valence-electron chi connectivity index (χ2n) is 3.66. The molecule has 0 saturated carbocycles. The lowest BCUT2D eigenvalue weighted by Crippen LogP contribution is -2.01. The van der Waals surface area contributed by atoms with Crippen LogP contribution in [0.15, 0.2) is 36.4 Å². The molecule has 0 unspecified atom stereocenters. The summed E-state index contributed by atoms with van der Waals surface area (Å²) in [6, 6.07) is 10.9. The molecule has 94 valence electrons. The first kappa shape index (κ1) is 13.8. The highest BCUT2D eigenvalue weighted by molar-refractivity contribution is 6.44. The van der Waals surface area contributed by atoms with Crippen LogP contribution >= 0.6 is 46.4 Å². The molecular weight excluding hydrogens is 312 g/mol. The highest BCUT2D eigenvalue weighted by Gasteiger charge is 2.09. The summed E-state index contributed by atoms with van der Waals surface area (Å²) in [5.74, 6) is 0. The summed E-state index contributed by atoms with van der Waals surface area (Å²) in [6.07, 6.45) is 0. The molecule has 1 nitrogen and oxygen atoms in total. The first-order valence-corrected chi connectivity index (χ1v) is 6.71. The Labute approximate surface area is 126 Å². The summed E-state index contributed by atoms with van der Waals surface area (Å²) in [7, 11) is 0. The van der Waals surface area contributed by atoms with Gasteiger partial charge in [-0.3, -0.25) is 0 Å². The lowest BCUT2D eigenvalue weighted by Gasteiger charge is -2.11. The van der Waals surface area contributed by atoms with Crippen molar-refractivity contribution < 1.29 is 0 Å². The molecule has 0 saturated heterocycles. The van der Waals surface area contributed by atoms with E-state index in [1.165, 1.54) is 0 Å². The number of rotatable bonds is 3. The molecule has 0 amide bonds. The average Bonchev–Trinajstić information content (AvgIpc) is 2.36. The molecule has 0 bridgehead atoms. The van der Waals surface area contributed by atoms with Crippen LogP contribution in [0.4, 0.5) is 5.69 Å². The number of halogens is 4. The van der Waals surface area contributed by atoms with Crippen molar-refractivity contribution in [3.63, 3.8) is 0 Å². The van der Waals surface area contributed by atoms with Crippen LogP contribution in [0.3, 0.4) is 0 Å². The van der Waals surface area contributed by atoms with Gasteiger partial charge in [-0.25, -0.2) is 0 Å². The van der Waals surface area contributed by atoms with Gasteiger partial charge in [0.15, 0.2) is 0 Å². The lowest BCUT2D eigenvalue weighted by atomic mass is 10.2. The highest BCUT2D eigenvalue weighted by Crippen LogP contribution is 2.32. The first-order valence-electron chi connectivity index (χ1n) is 5.20. The monoisotopic (exact) mass is 319 g/mol. The average molecular weight is 321 g/mol. The Morgan fingerprint density at radius 1 is 0.778 bits per heavy atom. The van der Waals surface area contributed by atoms with Gasteiger partial charge in [-0.15, -0.1) is 0 Å². The van der Waals surface area contributed by atoms with Gasteiger partial charge < -0.3 is 5.32 Å². The Hall–Kier alpha value is -0.600. The van der Waals surface area contributed by atoms with Crippen LogP contribution in [-0.2, 0) is 6.54 Å². The number of hydrogen-bond acceptors (Lipinski definition) is 1. The normalized spacial score (nSPS) is 10.4. The fourth-order valence-corrected chi connectivity index (χ4v) is 2.40. The van der Waals surface area contributed by atoms with Crippen molar-refractivity contribution in [3.8, 4) is 0 Å². The molecule has 5 heteroatoms. The van der Waals surface area contributed by atoms with E-state index in [1.54, 1.807) is 12.1 Å². The summed E-state index contributed by atoms with van der Waals surface area (Å²) >= 11 is 24.2. The number of benzene rings is 2. The number of hydrogen-bond donors (Lipinski definition) is 1. The Balaban J connectivity index is 2.21. The zero-order valence-electron chi connectivity index (χ0n) is 9.18. The quantitative estimate of drug-likeness (QED) is 0.693. The summed E-state index contributed by atoms with van der Waals surface area (Å²) in [5.41, 5.74) is 1.58. The lowest BCUT2D eigenvalue weighted by molar-refractivity contribution is 1.15. The standard InChI is InChI=1S/C13H9Cl4N/c14-9-5-6-11(16)13(17)8(9)7-18-12-4-2-1-3-10(12)15/h1-6,18H,7H2. The van der Waals surface area contributed by atoms with E-state index in [4.69, 9.17) is 46.4 Å². The molecule has 0 atom stereocenters. The Morgan fingerprint density at radius 2 is 1.44 bits per heavy atom. The van der Waals surface area contributed by atoms with Gasteiger partial charge in [-0.2, -0.15) is 0 Å². The third-order valence-electron chi connectivity index (χ3n) is 2.47. The van der Waals surface area contributed by atoms with Crippen molar-refractivity contribution in [1.29, 1.82) is 0 Å². The van der Waals surface area contributed by atoms with E-state index in [9.17, 15) is 0 Å². The molecule has 0 radical (unpaired) electrons. The van der Waals surface area contributed by atoms with Gasteiger partial charge in [0.25, 0.3) is 0 Å². The van der Waals surface area contributed by atoms with Gasteiger partial charge in [-0.1, -0.05) is 58.5 Å². The third-order valence-corrected chi connectivity index (χ3v) is 4.00. The summed E-state index contributed by atoms with van der Waals surface area (Å²) in [6.45, 7) is 0.460. The molecule has 2 aromatic rings. The molecule has 0 spiro atoms. The zero-order chi connectivity index (χ0) is 13.1. The summed E-state index contributed by atoms with van der Waals surface area (Å²) in [4.78, 5) is 0. The molecule has 18 heavy (non-hydrogen) atoms. The minimum absolute atomic E-state index is 0.460. The Kier molecular flexibility index (Phi) is 4.63. The zero-order valence-corrected chi connectivity index (χ0v) is 12.2. The molecule has 0 aromatic heterocycles. The van der Waals surface area contributed by atoms with E-state index < -0.39 is 0 Å². The maximum Gasteiger partial charge on any atom is 0.0657 e. The molecule has 0 heterocycles. The maximum atomic E-state index is 6.12. The van der Waals surface area contributed by atoms with Crippen molar-refractivity contribution in [1.82, 2.24) is 0 Å². The van der Waals surface area contributed by atoms with Crippen LogP contribution in [0.25, 0.3) is 0 Å². The van der Waals surface area contributed by atoms with Crippen molar-refractivity contribution in [2.45, 2.75) is 6.54 Å². The van der Waals surface area contributed by atoms with Crippen molar-refractivity contribution in [2.24, 2.45) is 0 Å². The SMILES string of the molecule is Clc1ccccc1NCc1c(Cl)ccc(Cl)c1Cl. The van der Waals surface area contributed by atoms with Crippen LogP contribution in [-0.4, -0.2) is 0 Å². The van der Waals surface area contributed by atoms with E-state index in [0.717, 1.165) is 11.3 Å². The minimum atomic E-state index is 0.460. The van der Waals surface area contributed by atoms with Crippen LogP contribution < -0.4 is 5.32 Å². The van der Waals surface area contributed by atoms with E-state index in [2.05, 4.69) is 5.32 Å². The molecule has 0 aliphatic rings. The molecule has 0 aliphatic carbocycles. The summed E-state index contributed by atoms with van der Waals surface area (Å²) < 4.78 is 0. The number of nitrogens with one attached hydrogen (secondary N) is 1. The smallest absolute Gasteiger partial charge is 0.0657 e. The van der Waals surface area contributed by atoms with E-state index in [1.807, 2.05) is 24.3 Å². The fraction of sp³-hybridized carbons (Fsp3) is 0.0769. The summed E-state index contributed by atoms with van der Waals surface area (Å²) in [5, 5.41) is 5.34. The largest absolute Gasteiger partial charge is 0.380 e. The molecular formula is C13H9Cl4N. The van der Waals surface area contributed by atoms with E-state index in [-0.39, 0.29) is 0 Å². The van der Waals surface area contributed by atoms with Crippen molar-refractivity contribution in [2.75, 3.05) is 5.32 Å². The van der Waals surface area contributed by atoms with Gasteiger partial charge in [0, 0.05) is 17.1 Å².